The molecular weight excluding hydrogens is 256 g/mol. The average molecular weight is 274 g/mol. The van der Waals surface area contributed by atoms with Crippen LogP contribution in [0.1, 0.15) is 28.7 Å². The second-order valence-corrected chi connectivity index (χ2v) is 4.51. The fourth-order valence-corrected chi connectivity index (χ4v) is 1.95. The van der Waals surface area contributed by atoms with E-state index in [-0.39, 0.29) is 5.56 Å². The monoisotopic (exact) mass is 274 g/mol. The molecule has 0 amide bonds. The van der Waals surface area contributed by atoms with E-state index in [9.17, 15) is 4.79 Å². The summed E-state index contributed by atoms with van der Waals surface area (Å²) in [7, 11) is 1.90. The predicted octanol–water partition coefficient (Wildman–Crippen LogP) is 1.73. The van der Waals surface area contributed by atoms with Gasteiger partial charge in [0.05, 0.1) is 5.56 Å². The summed E-state index contributed by atoms with van der Waals surface area (Å²) in [5.74, 6) is -0.333. The molecule has 2 heterocycles. The van der Waals surface area contributed by atoms with Crippen molar-refractivity contribution in [2.24, 2.45) is 7.05 Å². The highest BCUT2D eigenvalue weighted by Gasteiger charge is 2.07. The van der Waals surface area contributed by atoms with E-state index in [0.29, 0.717) is 18.8 Å². The van der Waals surface area contributed by atoms with Crippen LogP contribution in [0.25, 0.3) is 0 Å². The Labute approximate surface area is 117 Å². The molecule has 2 aromatic heterocycles. The number of aromatic nitrogens is 3. The number of carbonyl (C=O) groups is 1. The molecule has 0 unspecified atom stereocenters. The van der Waals surface area contributed by atoms with E-state index >= 15 is 0 Å². The molecule has 0 saturated carbocycles. The zero-order valence-electron chi connectivity index (χ0n) is 11.6. The van der Waals surface area contributed by atoms with Crippen LogP contribution in [0.2, 0.25) is 0 Å². The summed E-state index contributed by atoms with van der Waals surface area (Å²) in [6.45, 7) is 2.63. The zero-order valence-corrected chi connectivity index (χ0v) is 11.6. The van der Waals surface area contributed by atoms with Gasteiger partial charge in [-0.05, 0) is 24.6 Å². The summed E-state index contributed by atoms with van der Waals surface area (Å²) in [6, 6.07) is 5.12. The van der Waals surface area contributed by atoms with Crippen molar-refractivity contribution in [1.82, 2.24) is 14.8 Å². The lowest BCUT2D eigenvalue weighted by Crippen LogP contribution is -2.11. The summed E-state index contributed by atoms with van der Waals surface area (Å²) >= 11 is 0. The standard InChI is InChI=1S/C14H18N4O2/c1-3-11-8-10(14(19)20)9-13(17-11)15-6-4-12-5-7-16-18(12)2/h5,7-9H,3-4,6H2,1-2H3,(H,15,17)(H,19,20). The smallest absolute Gasteiger partial charge is 0.335 e. The Hall–Kier alpha value is -2.37. The van der Waals surface area contributed by atoms with Crippen LogP contribution in [0.3, 0.4) is 0 Å². The summed E-state index contributed by atoms with van der Waals surface area (Å²) in [4.78, 5) is 15.4. The fourth-order valence-electron chi connectivity index (χ4n) is 1.95. The molecule has 0 aliphatic rings. The quantitative estimate of drug-likeness (QED) is 0.838. The summed E-state index contributed by atoms with van der Waals surface area (Å²) in [5, 5.41) is 16.3. The third kappa shape index (κ3) is 3.34. The first kappa shape index (κ1) is 14.0. The van der Waals surface area contributed by atoms with E-state index < -0.39 is 5.97 Å². The molecule has 0 radical (unpaired) electrons. The van der Waals surface area contributed by atoms with Crippen molar-refractivity contribution in [2.75, 3.05) is 11.9 Å². The third-order valence-electron chi connectivity index (χ3n) is 3.10. The van der Waals surface area contributed by atoms with E-state index in [1.54, 1.807) is 18.3 Å². The SMILES string of the molecule is CCc1cc(C(=O)O)cc(NCCc2ccnn2C)n1. The van der Waals surface area contributed by atoms with E-state index in [2.05, 4.69) is 15.4 Å². The topological polar surface area (TPSA) is 80.0 Å². The van der Waals surface area contributed by atoms with E-state index in [1.165, 1.54) is 0 Å². The van der Waals surface area contributed by atoms with Crippen molar-refractivity contribution in [3.63, 3.8) is 0 Å². The lowest BCUT2D eigenvalue weighted by Gasteiger charge is -2.08. The van der Waals surface area contributed by atoms with Crippen LogP contribution in [-0.2, 0) is 19.9 Å². The number of aromatic carboxylic acids is 1. The normalized spacial score (nSPS) is 10.5. The van der Waals surface area contributed by atoms with Crippen molar-refractivity contribution >= 4 is 11.8 Å². The number of carboxylic acids is 1. The molecule has 0 aliphatic heterocycles. The van der Waals surface area contributed by atoms with Gasteiger partial charge in [0.15, 0.2) is 0 Å². The number of nitrogens with one attached hydrogen (secondary N) is 1. The van der Waals surface area contributed by atoms with Crippen LogP contribution in [-0.4, -0.2) is 32.4 Å². The summed E-state index contributed by atoms with van der Waals surface area (Å²) in [5.41, 5.74) is 2.15. The molecule has 0 spiro atoms. The molecule has 0 bridgehead atoms. The molecule has 6 nitrogen and oxygen atoms in total. The average Bonchev–Trinajstić information content (AvgIpc) is 2.84. The Morgan fingerprint density at radius 2 is 2.25 bits per heavy atom. The molecule has 0 aliphatic carbocycles. The molecule has 6 heteroatoms. The molecular formula is C14H18N4O2. The van der Waals surface area contributed by atoms with Crippen LogP contribution in [0.4, 0.5) is 5.82 Å². The lowest BCUT2D eigenvalue weighted by molar-refractivity contribution is 0.0696. The van der Waals surface area contributed by atoms with Crippen LogP contribution in [0, 0.1) is 0 Å². The molecule has 2 aromatic rings. The number of aryl methyl sites for hydroxylation is 2. The first-order valence-electron chi connectivity index (χ1n) is 6.55. The molecule has 0 fully saturated rings. The maximum absolute atomic E-state index is 11.1. The van der Waals surface area contributed by atoms with Gasteiger partial charge in [-0.1, -0.05) is 6.92 Å². The molecule has 0 atom stereocenters. The highest BCUT2D eigenvalue weighted by Crippen LogP contribution is 2.11. The largest absolute Gasteiger partial charge is 0.478 e. The van der Waals surface area contributed by atoms with Crippen molar-refractivity contribution in [1.29, 1.82) is 0 Å². The number of pyridine rings is 1. The van der Waals surface area contributed by atoms with Gasteiger partial charge in [-0.15, -0.1) is 0 Å². The van der Waals surface area contributed by atoms with E-state index in [1.807, 2.05) is 24.7 Å². The molecule has 2 rings (SSSR count). The van der Waals surface area contributed by atoms with Crippen molar-refractivity contribution in [2.45, 2.75) is 19.8 Å². The molecule has 0 aromatic carbocycles. The van der Waals surface area contributed by atoms with Gasteiger partial charge < -0.3 is 10.4 Å². The van der Waals surface area contributed by atoms with Gasteiger partial charge in [0.2, 0.25) is 0 Å². The highest BCUT2D eigenvalue weighted by atomic mass is 16.4. The van der Waals surface area contributed by atoms with Gasteiger partial charge in [0, 0.05) is 37.6 Å². The Bertz CT molecular complexity index is 607. The van der Waals surface area contributed by atoms with Crippen molar-refractivity contribution in [3.05, 3.63) is 41.3 Å². The van der Waals surface area contributed by atoms with Crippen LogP contribution >= 0.6 is 0 Å². The number of anilines is 1. The zero-order chi connectivity index (χ0) is 14.5. The number of rotatable bonds is 6. The third-order valence-corrected chi connectivity index (χ3v) is 3.10. The van der Waals surface area contributed by atoms with Crippen LogP contribution in [0.15, 0.2) is 24.4 Å². The number of hydrogen-bond donors (Lipinski definition) is 2. The molecule has 0 saturated heterocycles. The maximum atomic E-state index is 11.1. The number of nitrogens with zero attached hydrogens (tertiary/aromatic N) is 3. The Morgan fingerprint density at radius 1 is 1.45 bits per heavy atom. The maximum Gasteiger partial charge on any atom is 0.335 e. The van der Waals surface area contributed by atoms with E-state index in [4.69, 9.17) is 5.11 Å². The van der Waals surface area contributed by atoms with Crippen LogP contribution < -0.4 is 5.32 Å². The van der Waals surface area contributed by atoms with Crippen molar-refractivity contribution < 1.29 is 9.90 Å². The molecule has 20 heavy (non-hydrogen) atoms. The summed E-state index contributed by atoms with van der Waals surface area (Å²) < 4.78 is 1.82. The second kappa shape index (κ2) is 6.18. The predicted molar refractivity (Wildman–Crippen MR) is 76.0 cm³/mol. The first-order valence-corrected chi connectivity index (χ1v) is 6.55. The second-order valence-electron chi connectivity index (χ2n) is 4.51. The Kier molecular flexibility index (Phi) is 4.34. The molecule has 2 N–H and O–H groups in total. The van der Waals surface area contributed by atoms with Gasteiger partial charge in [-0.25, -0.2) is 9.78 Å². The lowest BCUT2D eigenvalue weighted by atomic mass is 10.2. The van der Waals surface area contributed by atoms with Gasteiger partial charge in [0.25, 0.3) is 0 Å². The van der Waals surface area contributed by atoms with Gasteiger partial charge in [-0.2, -0.15) is 5.10 Å². The first-order chi connectivity index (χ1) is 9.60. The van der Waals surface area contributed by atoms with Gasteiger partial charge in [-0.3, -0.25) is 4.68 Å². The fraction of sp³-hybridized carbons (Fsp3) is 0.357. The minimum Gasteiger partial charge on any atom is -0.478 e. The van der Waals surface area contributed by atoms with Crippen LogP contribution in [0.5, 0.6) is 0 Å². The Morgan fingerprint density at radius 3 is 2.85 bits per heavy atom. The van der Waals surface area contributed by atoms with Gasteiger partial charge >= 0.3 is 5.97 Å². The summed E-state index contributed by atoms with van der Waals surface area (Å²) in [6.07, 6.45) is 3.27. The number of carboxylic acid groups (broad SMARTS) is 1. The Balaban J connectivity index is 2.03. The van der Waals surface area contributed by atoms with Crippen molar-refractivity contribution in [3.8, 4) is 0 Å². The molecule has 106 valence electrons. The minimum absolute atomic E-state index is 0.264. The number of hydrogen-bond acceptors (Lipinski definition) is 4. The minimum atomic E-state index is -0.934. The van der Waals surface area contributed by atoms with E-state index in [0.717, 1.165) is 17.8 Å². The highest BCUT2D eigenvalue weighted by molar-refractivity contribution is 5.88. The van der Waals surface area contributed by atoms with Gasteiger partial charge in [0.1, 0.15) is 5.82 Å².